The summed E-state index contributed by atoms with van der Waals surface area (Å²) in [6.45, 7) is 6.30. The van der Waals surface area contributed by atoms with Crippen molar-refractivity contribution < 1.29 is 4.39 Å². The highest BCUT2D eigenvalue weighted by Gasteiger charge is 2.18. The zero-order valence-corrected chi connectivity index (χ0v) is 10.0. The molecule has 0 aliphatic heterocycles. The Kier molecular flexibility index (Phi) is 2.95. The number of hydrogen-bond donors (Lipinski definition) is 0. The van der Waals surface area contributed by atoms with Gasteiger partial charge in [-0.25, -0.2) is 4.39 Å². The van der Waals surface area contributed by atoms with Crippen molar-refractivity contribution in [3.05, 3.63) is 58.4 Å². The van der Waals surface area contributed by atoms with Crippen molar-refractivity contribution in [1.29, 1.82) is 0 Å². The Morgan fingerprint density at radius 2 is 1.88 bits per heavy atom. The van der Waals surface area contributed by atoms with Crippen LogP contribution < -0.4 is 0 Å². The number of aryl methyl sites for hydroxylation is 1. The van der Waals surface area contributed by atoms with Crippen LogP contribution >= 0.6 is 0 Å². The zero-order valence-electron chi connectivity index (χ0n) is 10.0. The first-order chi connectivity index (χ1) is 7.58. The van der Waals surface area contributed by atoms with E-state index < -0.39 is 0 Å². The minimum Gasteiger partial charge on any atom is -0.207 e. The van der Waals surface area contributed by atoms with Gasteiger partial charge in [0.15, 0.2) is 0 Å². The first-order valence-electron chi connectivity index (χ1n) is 5.68. The number of rotatable bonds is 1. The van der Waals surface area contributed by atoms with Gasteiger partial charge in [-0.3, -0.25) is 0 Å². The van der Waals surface area contributed by atoms with E-state index in [0.717, 1.165) is 12.0 Å². The second-order valence-corrected chi connectivity index (χ2v) is 4.68. The fourth-order valence-corrected chi connectivity index (χ4v) is 2.28. The molecule has 0 nitrogen and oxygen atoms in total. The van der Waals surface area contributed by atoms with Gasteiger partial charge in [0.1, 0.15) is 5.82 Å². The van der Waals surface area contributed by atoms with Gasteiger partial charge < -0.3 is 0 Å². The molecule has 1 heteroatoms. The average molecular weight is 216 g/mol. The van der Waals surface area contributed by atoms with Crippen molar-refractivity contribution in [1.82, 2.24) is 0 Å². The van der Waals surface area contributed by atoms with E-state index in [2.05, 4.69) is 32.9 Å². The van der Waals surface area contributed by atoms with Crippen molar-refractivity contribution in [2.75, 3.05) is 0 Å². The molecule has 0 saturated heterocycles. The summed E-state index contributed by atoms with van der Waals surface area (Å²) < 4.78 is 13.3. The third kappa shape index (κ3) is 2.08. The molecule has 0 amide bonds. The number of allylic oxidation sites excluding steroid dienone is 4. The molecular formula is C15H17F. The minimum atomic E-state index is -0.138. The van der Waals surface area contributed by atoms with Crippen molar-refractivity contribution >= 4 is 0 Å². The summed E-state index contributed by atoms with van der Waals surface area (Å²) in [6, 6.07) is 5.07. The van der Waals surface area contributed by atoms with E-state index in [0.29, 0.717) is 5.92 Å². The highest BCUT2D eigenvalue weighted by atomic mass is 19.1. The Morgan fingerprint density at radius 1 is 1.12 bits per heavy atom. The molecule has 1 aromatic rings. The molecule has 1 aliphatic carbocycles. The van der Waals surface area contributed by atoms with Crippen molar-refractivity contribution in [2.45, 2.75) is 33.1 Å². The molecular weight excluding hydrogens is 199 g/mol. The fourth-order valence-electron chi connectivity index (χ4n) is 2.28. The van der Waals surface area contributed by atoms with E-state index in [1.807, 2.05) is 6.07 Å². The molecule has 2 rings (SSSR count). The van der Waals surface area contributed by atoms with Crippen LogP contribution in [-0.4, -0.2) is 0 Å². The summed E-state index contributed by atoms with van der Waals surface area (Å²) >= 11 is 0. The predicted molar refractivity (Wildman–Crippen MR) is 66.0 cm³/mol. The molecule has 0 radical (unpaired) electrons. The lowest BCUT2D eigenvalue weighted by Crippen LogP contribution is -2.07. The minimum absolute atomic E-state index is 0.138. The van der Waals surface area contributed by atoms with Crippen LogP contribution in [0.1, 0.15) is 37.3 Å². The lowest BCUT2D eigenvalue weighted by Gasteiger charge is -2.23. The van der Waals surface area contributed by atoms with Crippen LogP contribution in [0.15, 0.2) is 41.5 Å². The first kappa shape index (κ1) is 11.1. The van der Waals surface area contributed by atoms with Crippen LogP contribution in [0.3, 0.4) is 0 Å². The van der Waals surface area contributed by atoms with E-state index >= 15 is 0 Å². The lowest BCUT2D eigenvalue weighted by atomic mass is 9.81. The number of halogens is 1. The standard InChI is InChI=1S/C15H17F/c1-10-4-5-11(2)14(8-10)15-9-13(16)7-6-12(15)3/h4-7,9,14H,8H2,1-3H3. The summed E-state index contributed by atoms with van der Waals surface area (Å²) in [6.07, 6.45) is 5.31. The summed E-state index contributed by atoms with van der Waals surface area (Å²) in [5, 5.41) is 0. The van der Waals surface area contributed by atoms with Gasteiger partial charge in [0, 0.05) is 5.92 Å². The average Bonchev–Trinajstić information content (AvgIpc) is 2.25. The smallest absolute Gasteiger partial charge is 0.123 e. The molecule has 0 fully saturated rings. The molecule has 1 unspecified atom stereocenters. The van der Waals surface area contributed by atoms with Crippen LogP contribution in [0.5, 0.6) is 0 Å². The lowest BCUT2D eigenvalue weighted by molar-refractivity contribution is 0.620. The Balaban J connectivity index is 2.42. The maximum Gasteiger partial charge on any atom is 0.123 e. The van der Waals surface area contributed by atoms with Crippen LogP contribution in [0, 0.1) is 12.7 Å². The monoisotopic (exact) mass is 216 g/mol. The van der Waals surface area contributed by atoms with Crippen LogP contribution in [-0.2, 0) is 0 Å². The second kappa shape index (κ2) is 4.25. The molecule has 0 N–H and O–H groups in total. The van der Waals surface area contributed by atoms with E-state index in [9.17, 15) is 4.39 Å². The maximum absolute atomic E-state index is 13.3. The van der Waals surface area contributed by atoms with Gasteiger partial charge in [-0.1, -0.05) is 29.4 Å². The van der Waals surface area contributed by atoms with Crippen molar-refractivity contribution in [3.8, 4) is 0 Å². The van der Waals surface area contributed by atoms with Gasteiger partial charge in [-0.2, -0.15) is 0 Å². The fraction of sp³-hybridized carbons (Fsp3) is 0.333. The largest absolute Gasteiger partial charge is 0.207 e. The van der Waals surface area contributed by atoms with E-state index in [4.69, 9.17) is 0 Å². The second-order valence-electron chi connectivity index (χ2n) is 4.68. The Morgan fingerprint density at radius 3 is 2.62 bits per heavy atom. The van der Waals surface area contributed by atoms with Gasteiger partial charge in [0.05, 0.1) is 0 Å². The SMILES string of the molecule is CC1=CC=C(C)C(c2cc(F)ccc2C)C1. The quantitative estimate of drug-likeness (QED) is 0.647. The molecule has 84 valence electrons. The molecule has 0 saturated carbocycles. The van der Waals surface area contributed by atoms with Crippen molar-refractivity contribution in [2.24, 2.45) is 0 Å². The molecule has 16 heavy (non-hydrogen) atoms. The van der Waals surface area contributed by atoms with Crippen LogP contribution in [0.2, 0.25) is 0 Å². The molecule has 0 heterocycles. The number of hydrogen-bond acceptors (Lipinski definition) is 0. The number of benzene rings is 1. The summed E-state index contributed by atoms with van der Waals surface area (Å²) in [4.78, 5) is 0. The van der Waals surface area contributed by atoms with Crippen molar-refractivity contribution in [3.63, 3.8) is 0 Å². The summed E-state index contributed by atoms with van der Waals surface area (Å²) in [5.41, 5.74) is 4.98. The normalized spacial score (nSPS) is 20.4. The van der Waals surface area contributed by atoms with Gasteiger partial charge in [-0.15, -0.1) is 0 Å². The van der Waals surface area contributed by atoms with Gasteiger partial charge >= 0.3 is 0 Å². The Labute approximate surface area is 96.5 Å². The molecule has 0 aromatic heterocycles. The van der Waals surface area contributed by atoms with Gasteiger partial charge in [-0.05, 0) is 50.5 Å². The van der Waals surface area contributed by atoms with Crippen LogP contribution in [0.25, 0.3) is 0 Å². The van der Waals surface area contributed by atoms with Gasteiger partial charge in [0.2, 0.25) is 0 Å². The van der Waals surface area contributed by atoms with Crippen LogP contribution in [0.4, 0.5) is 4.39 Å². The third-order valence-electron chi connectivity index (χ3n) is 3.32. The highest BCUT2D eigenvalue weighted by molar-refractivity contribution is 5.40. The summed E-state index contributed by atoms with van der Waals surface area (Å²) in [5.74, 6) is 0.210. The van der Waals surface area contributed by atoms with Gasteiger partial charge in [0.25, 0.3) is 0 Å². The molecule has 0 bridgehead atoms. The first-order valence-corrected chi connectivity index (χ1v) is 5.68. The molecule has 1 aromatic carbocycles. The Hall–Kier alpha value is -1.37. The molecule has 1 atom stereocenters. The van der Waals surface area contributed by atoms with E-state index in [1.165, 1.54) is 22.8 Å². The zero-order chi connectivity index (χ0) is 11.7. The molecule has 1 aliphatic rings. The summed E-state index contributed by atoms with van der Waals surface area (Å²) in [7, 11) is 0. The topological polar surface area (TPSA) is 0 Å². The highest BCUT2D eigenvalue weighted by Crippen LogP contribution is 2.35. The predicted octanol–water partition coefficient (Wildman–Crippen LogP) is 4.51. The Bertz CT molecular complexity index is 466. The maximum atomic E-state index is 13.3. The van der Waals surface area contributed by atoms with E-state index in [-0.39, 0.29) is 5.82 Å². The van der Waals surface area contributed by atoms with E-state index in [1.54, 1.807) is 6.07 Å². The molecule has 0 spiro atoms. The third-order valence-corrected chi connectivity index (χ3v) is 3.32.